The van der Waals surface area contributed by atoms with Gasteiger partial charge in [0.15, 0.2) is 5.82 Å². The van der Waals surface area contributed by atoms with E-state index in [2.05, 4.69) is 32.9 Å². The molecule has 5 rings (SSSR count). The van der Waals surface area contributed by atoms with Crippen LogP contribution in [0.5, 0.6) is 0 Å². The molecule has 4 aromatic rings. The molecule has 0 spiro atoms. The van der Waals surface area contributed by atoms with Crippen molar-refractivity contribution in [1.82, 2.24) is 14.6 Å². The van der Waals surface area contributed by atoms with E-state index in [0.717, 1.165) is 39.7 Å². The Morgan fingerprint density at radius 1 is 1.13 bits per heavy atom. The molecule has 6 nitrogen and oxygen atoms in total. The van der Waals surface area contributed by atoms with Crippen LogP contribution >= 0.6 is 27.3 Å². The molecule has 0 radical (unpaired) electrons. The number of unbranched alkanes of at least 4 members (excludes halogenated alkanes) is 1. The molecule has 0 N–H and O–H groups in total. The highest BCUT2D eigenvalue weighted by Gasteiger charge is 2.34. The predicted molar refractivity (Wildman–Crippen MR) is 126 cm³/mol. The number of benzene rings is 2. The SMILES string of the molecule is CCCCN1C(=O)C(=c2sc3nc(-c4cccc(C)c4)nn3c2=O)c2cc(Br)ccc21. The third-order valence-corrected chi connectivity index (χ3v) is 6.90. The maximum Gasteiger partial charge on any atom is 0.291 e. The molecule has 0 fully saturated rings. The molecule has 0 saturated carbocycles. The standard InChI is InChI=1S/C23H19BrN4O2S/c1-3-4-10-27-17-9-8-15(24)12-16(17)18(21(27)29)19-22(30)28-23(31-19)25-20(26-28)14-7-5-6-13(2)11-14/h5-9,11-12H,3-4,10H2,1-2H3. The summed E-state index contributed by atoms with van der Waals surface area (Å²) in [6.45, 7) is 4.72. The Morgan fingerprint density at radius 2 is 1.97 bits per heavy atom. The highest BCUT2D eigenvalue weighted by atomic mass is 79.9. The van der Waals surface area contributed by atoms with Crippen LogP contribution in [0.2, 0.25) is 0 Å². The Bertz CT molecular complexity index is 1460. The van der Waals surface area contributed by atoms with Crippen LogP contribution in [0.4, 0.5) is 5.69 Å². The second kappa shape index (κ2) is 7.69. The number of aromatic nitrogens is 3. The van der Waals surface area contributed by atoms with Gasteiger partial charge in [-0.25, -0.2) is 0 Å². The van der Waals surface area contributed by atoms with Crippen molar-refractivity contribution < 1.29 is 4.79 Å². The Balaban J connectivity index is 1.71. The maximum atomic E-state index is 13.3. The molecule has 3 heterocycles. The van der Waals surface area contributed by atoms with Gasteiger partial charge in [-0.1, -0.05) is 64.4 Å². The molecular weight excluding hydrogens is 476 g/mol. The van der Waals surface area contributed by atoms with Crippen LogP contribution in [-0.4, -0.2) is 27.0 Å². The number of carbonyl (C=O) groups is 1. The van der Waals surface area contributed by atoms with E-state index < -0.39 is 0 Å². The molecule has 156 valence electrons. The zero-order valence-electron chi connectivity index (χ0n) is 17.1. The average Bonchev–Trinajstić information content (AvgIpc) is 3.37. The van der Waals surface area contributed by atoms with Crippen molar-refractivity contribution in [2.75, 3.05) is 11.4 Å². The number of amides is 1. The number of aryl methyl sites for hydroxylation is 1. The van der Waals surface area contributed by atoms with Gasteiger partial charge in [0.05, 0.1) is 11.3 Å². The van der Waals surface area contributed by atoms with Crippen molar-refractivity contribution in [1.29, 1.82) is 0 Å². The minimum atomic E-state index is -0.307. The van der Waals surface area contributed by atoms with Gasteiger partial charge < -0.3 is 4.90 Å². The minimum absolute atomic E-state index is 0.137. The Labute approximate surface area is 191 Å². The summed E-state index contributed by atoms with van der Waals surface area (Å²) in [6.07, 6.45) is 1.88. The summed E-state index contributed by atoms with van der Waals surface area (Å²) < 4.78 is 2.56. The Morgan fingerprint density at radius 3 is 2.71 bits per heavy atom. The number of hydrogen-bond acceptors (Lipinski definition) is 5. The number of nitrogens with zero attached hydrogens (tertiary/aromatic N) is 4. The van der Waals surface area contributed by atoms with E-state index in [0.29, 0.717) is 27.4 Å². The highest BCUT2D eigenvalue weighted by Crippen LogP contribution is 2.37. The Kier molecular flexibility index (Phi) is 4.98. The van der Waals surface area contributed by atoms with Gasteiger partial charge in [0.25, 0.3) is 11.5 Å². The fraction of sp³-hybridized carbons (Fsp3) is 0.217. The molecule has 8 heteroatoms. The lowest BCUT2D eigenvalue weighted by atomic mass is 10.1. The molecule has 0 aliphatic carbocycles. The average molecular weight is 495 g/mol. The summed E-state index contributed by atoms with van der Waals surface area (Å²) in [6, 6.07) is 13.6. The summed E-state index contributed by atoms with van der Waals surface area (Å²) in [7, 11) is 0. The molecule has 1 amide bonds. The molecule has 0 saturated heterocycles. The van der Waals surface area contributed by atoms with Crippen LogP contribution in [0.15, 0.2) is 51.7 Å². The van der Waals surface area contributed by atoms with Crippen LogP contribution in [0.3, 0.4) is 0 Å². The van der Waals surface area contributed by atoms with Crippen LogP contribution < -0.4 is 15.0 Å². The van der Waals surface area contributed by atoms with E-state index in [-0.39, 0.29) is 11.5 Å². The van der Waals surface area contributed by atoms with Crippen molar-refractivity contribution in [2.45, 2.75) is 26.7 Å². The number of halogens is 1. The number of hydrogen-bond donors (Lipinski definition) is 0. The number of fused-ring (bicyclic) bond motifs is 2. The van der Waals surface area contributed by atoms with E-state index in [1.807, 2.05) is 49.4 Å². The number of anilines is 1. The molecule has 1 aliphatic rings. The number of thiazole rings is 1. The van der Waals surface area contributed by atoms with Crippen molar-refractivity contribution in [3.63, 3.8) is 0 Å². The van der Waals surface area contributed by atoms with E-state index in [9.17, 15) is 9.59 Å². The van der Waals surface area contributed by atoms with Crippen LogP contribution in [-0.2, 0) is 4.79 Å². The van der Waals surface area contributed by atoms with Crippen molar-refractivity contribution >= 4 is 49.4 Å². The van der Waals surface area contributed by atoms with E-state index in [1.54, 1.807) is 4.90 Å². The van der Waals surface area contributed by atoms with E-state index in [1.165, 1.54) is 15.9 Å². The summed E-state index contributed by atoms with van der Waals surface area (Å²) in [4.78, 5) is 33.4. The third-order valence-electron chi connectivity index (χ3n) is 5.37. The van der Waals surface area contributed by atoms with Crippen LogP contribution in [0.25, 0.3) is 21.9 Å². The van der Waals surface area contributed by atoms with Crippen molar-refractivity contribution in [2.24, 2.45) is 0 Å². The zero-order chi connectivity index (χ0) is 21.7. The second-order valence-electron chi connectivity index (χ2n) is 7.58. The molecule has 0 atom stereocenters. The molecular formula is C23H19BrN4O2S. The molecule has 1 aliphatic heterocycles. The quantitative estimate of drug-likeness (QED) is 0.430. The van der Waals surface area contributed by atoms with Gasteiger partial charge in [0, 0.05) is 22.1 Å². The Hall–Kier alpha value is -2.84. The van der Waals surface area contributed by atoms with Crippen molar-refractivity contribution in [3.8, 4) is 11.4 Å². The topological polar surface area (TPSA) is 67.6 Å². The molecule has 31 heavy (non-hydrogen) atoms. The van der Waals surface area contributed by atoms with Gasteiger partial charge in [-0.2, -0.15) is 9.50 Å². The van der Waals surface area contributed by atoms with Gasteiger partial charge in [0.2, 0.25) is 4.96 Å². The number of carbonyl (C=O) groups excluding carboxylic acids is 1. The molecule has 2 aromatic heterocycles. The van der Waals surface area contributed by atoms with E-state index >= 15 is 0 Å². The van der Waals surface area contributed by atoms with E-state index in [4.69, 9.17) is 0 Å². The first-order chi connectivity index (χ1) is 15.0. The van der Waals surface area contributed by atoms with Crippen LogP contribution in [0, 0.1) is 6.92 Å². The van der Waals surface area contributed by atoms with Crippen molar-refractivity contribution in [3.05, 3.63) is 73.0 Å². The summed E-state index contributed by atoms with van der Waals surface area (Å²) >= 11 is 4.71. The molecule has 0 bridgehead atoms. The van der Waals surface area contributed by atoms with Gasteiger partial charge in [0.1, 0.15) is 4.53 Å². The van der Waals surface area contributed by atoms with Gasteiger partial charge in [-0.15, -0.1) is 5.10 Å². The monoisotopic (exact) mass is 494 g/mol. The lowest BCUT2D eigenvalue weighted by Gasteiger charge is -2.16. The number of rotatable bonds is 4. The minimum Gasteiger partial charge on any atom is -0.308 e. The van der Waals surface area contributed by atoms with Gasteiger partial charge >= 0.3 is 0 Å². The lowest BCUT2D eigenvalue weighted by molar-refractivity contribution is -0.113. The fourth-order valence-corrected chi connectivity index (χ4v) is 5.21. The summed E-state index contributed by atoms with van der Waals surface area (Å²) in [5.41, 5.74) is 3.71. The normalized spacial score (nSPS) is 15.2. The predicted octanol–water partition coefficient (Wildman–Crippen LogP) is 3.95. The van der Waals surface area contributed by atoms with Gasteiger partial charge in [-0.05, 0) is 37.6 Å². The first-order valence-corrected chi connectivity index (χ1v) is 11.7. The first-order valence-electron chi connectivity index (χ1n) is 10.1. The maximum absolute atomic E-state index is 13.3. The summed E-state index contributed by atoms with van der Waals surface area (Å²) in [5, 5.41) is 4.44. The first kappa shape index (κ1) is 20.1. The largest absolute Gasteiger partial charge is 0.308 e. The lowest BCUT2D eigenvalue weighted by Crippen LogP contribution is -2.33. The third kappa shape index (κ3) is 3.30. The smallest absolute Gasteiger partial charge is 0.291 e. The molecule has 0 unspecified atom stereocenters. The zero-order valence-corrected chi connectivity index (χ0v) is 19.5. The molecule has 2 aromatic carbocycles. The summed E-state index contributed by atoms with van der Waals surface area (Å²) in [5.74, 6) is 0.371. The second-order valence-corrected chi connectivity index (χ2v) is 9.48. The van der Waals surface area contributed by atoms with Crippen LogP contribution in [0.1, 0.15) is 30.9 Å². The fourth-order valence-electron chi connectivity index (χ4n) is 3.85. The highest BCUT2D eigenvalue weighted by molar-refractivity contribution is 9.10. The van der Waals surface area contributed by atoms with Gasteiger partial charge in [-0.3, -0.25) is 9.59 Å².